The molecule has 1 unspecified atom stereocenters. The van der Waals surface area contributed by atoms with Gasteiger partial charge in [-0.05, 0) is 37.0 Å². The zero-order valence-electron chi connectivity index (χ0n) is 14.4. The van der Waals surface area contributed by atoms with E-state index in [1.54, 1.807) is 17.8 Å². The van der Waals surface area contributed by atoms with E-state index in [0.29, 0.717) is 5.69 Å². The fourth-order valence-electron chi connectivity index (χ4n) is 2.67. The lowest BCUT2D eigenvalue weighted by Gasteiger charge is -2.15. The maximum atomic E-state index is 12.5. The number of carbonyl (C=O) groups excluding carboxylic acids is 1. The Bertz CT molecular complexity index is 809. The van der Waals surface area contributed by atoms with Crippen molar-refractivity contribution in [3.63, 3.8) is 0 Å². The number of carbonyl (C=O) groups is 1. The average molecular weight is 358 g/mol. The van der Waals surface area contributed by atoms with E-state index >= 15 is 0 Å². The third kappa shape index (κ3) is 4.22. The molecule has 0 radical (unpaired) electrons. The van der Waals surface area contributed by atoms with E-state index < -0.39 is 0 Å². The predicted octanol–water partition coefficient (Wildman–Crippen LogP) is 3.73. The van der Waals surface area contributed by atoms with E-state index in [4.69, 9.17) is 4.52 Å². The molecule has 0 fully saturated rings. The smallest absolute Gasteiger partial charge is 0.274 e. The van der Waals surface area contributed by atoms with Crippen molar-refractivity contribution in [3.8, 4) is 0 Å². The molecule has 132 valence electrons. The molecular weight excluding hydrogens is 336 g/mol. The lowest BCUT2D eigenvalue weighted by Crippen LogP contribution is -2.30. The number of benzene rings is 1. The number of aryl methyl sites for hydroxylation is 1. The molecule has 0 aliphatic rings. The molecule has 2 heterocycles. The number of rotatable bonds is 8. The third-order valence-corrected chi connectivity index (χ3v) is 4.59. The molecule has 0 aliphatic heterocycles. The molecule has 0 saturated heterocycles. The summed E-state index contributed by atoms with van der Waals surface area (Å²) in [5.74, 6) is 2.18. The number of aromatic amines is 1. The highest BCUT2D eigenvalue weighted by Crippen LogP contribution is 2.20. The first kappa shape index (κ1) is 17.5. The quantitative estimate of drug-likeness (QED) is 0.641. The number of nitrogens with zero attached hydrogens (tertiary/aromatic N) is 2. The standard InChI is InChI=1S/C18H22N4O2S/c1-3-6-12-11-16(22-24-12)18(23)21-15(9-10-25-2)17-19-13-7-4-5-8-14(13)20-17/h4-5,7-8,11,15H,3,6,9-10H2,1-2H3,(H,19,20)(H,21,23). The van der Waals surface area contributed by atoms with Crippen LogP contribution in [0.3, 0.4) is 0 Å². The van der Waals surface area contributed by atoms with Crippen molar-refractivity contribution in [2.45, 2.75) is 32.2 Å². The summed E-state index contributed by atoms with van der Waals surface area (Å²) in [5, 5.41) is 6.91. The van der Waals surface area contributed by atoms with Crippen LogP contribution in [0.1, 0.15) is 47.9 Å². The lowest BCUT2D eigenvalue weighted by atomic mass is 10.2. The monoisotopic (exact) mass is 358 g/mol. The first-order chi connectivity index (χ1) is 12.2. The Balaban J connectivity index is 1.78. The molecule has 7 heteroatoms. The normalized spacial score (nSPS) is 12.4. The molecule has 1 atom stereocenters. The highest BCUT2D eigenvalue weighted by atomic mass is 32.2. The number of para-hydroxylation sites is 2. The van der Waals surface area contributed by atoms with Crippen molar-refractivity contribution in [1.29, 1.82) is 0 Å². The van der Waals surface area contributed by atoms with Crippen molar-refractivity contribution in [1.82, 2.24) is 20.4 Å². The number of fused-ring (bicyclic) bond motifs is 1. The average Bonchev–Trinajstić information content (AvgIpc) is 3.25. The van der Waals surface area contributed by atoms with Gasteiger partial charge >= 0.3 is 0 Å². The van der Waals surface area contributed by atoms with E-state index in [1.807, 2.05) is 30.5 Å². The molecule has 0 bridgehead atoms. The zero-order chi connectivity index (χ0) is 17.6. The third-order valence-electron chi connectivity index (χ3n) is 3.94. The molecule has 1 amide bonds. The number of imidazole rings is 1. The van der Waals surface area contributed by atoms with Crippen LogP contribution in [0.5, 0.6) is 0 Å². The van der Waals surface area contributed by atoms with Gasteiger partial charge in [-0.25, -0.2) is 4.98 Å². The second kappa shape index (κ2) is 8.20. The number of thioether (sulfide) groups is 1. The van der Waals surface area contributed by atoms with Gasteiger partial charge < -0.3 is 14.8 Å². The fraction of sp³-hybridized carbons (Fsp3) is 0.389. The van der Waals surface area contributed by atoms with Crippen LogP contribution in [0.2, 0.25) is 0 Å². The summed E-state index contributed by atoms with van der Waals surface area (Å²) in [7, 11) is 0. The Morgan fingerprint density at radius 2 is 2.24 bits per heavy atom. The zero-order valence-corrected chi connectivity index (χ0v) is 15.2. The van der Waals surface area contributed by atoms with Gasteiger partial charge in [0.2, 0.25) is 0 Å². The number of H-pyrrole nitrogens is 1. The minimum absolute atomic E-state index is 0.196. The van der Waals surface area contributed by atoms with Crippen LogP contribution in [0.15, 0.2) is 34.9 Å². The van der Waals surface area contributed by atoms with Crippen molar-refractivity contribution in [3.05, 3.63) is 47.6 Å². The summed E-state index contributed by atoms with van der Waals surface area (Å²) in [6.45, 7) is 2.06. The largest absolute Gasteiger partial charge is 0.361 e. The van der Waals surface area contributed by atoms with Crippen molar-refractivity contribution >= 4 is 28.7 Å². The van der Waals surface area contributed by atoms with E-state index in [0.717, 1.165) is 47.6 Å². The number of nitrogens with one attached hydrogen (secondary N) is 2. The summed E-state index contributed by atoms with van der Waals surface area (Å²) in [5.41, 5.74) is 2.17. The Morgan fingerprint density at radius 3 is 3.00 bits per heavy atom. The van der Waals surface area contributed by atoms with Crippen LogP contribution in [0.25, 0.3) is 11.0 Å². The Hall–Kier alpha value is -2.28. The second-order valence-corrected chi connectivity index (χ2v) is 6.86. The minimum atomic E-state index is -0.238. The first-order valence-electron chi connectivity index (χ1n) is 8.41. The molecule has 2 aromatic heterocycles. The molecule has 0 saturated carbocycles. The van der Waals surface area contributed by atoms with Gasteiger partial charge in [0.1, 0.15) is 11.6 Å². The van der Waals surface area contributed by atoms with Gasteiger partial charge in [0.15, 0.2) is 5.69 Å². The van der Waals surface area contributed by atoms with Gasteiger partial charge in [0, 0.05) is 12.5 Å². The van der Waals surface area contributed by atoms with Crippen LogP contribution < -0.4 is 5.32 Å². The van der Waals surface area contributed by atoms with Crippen LogP contribution in [-0.4, -0.2) is 33.0 Å². The second-order valence-electron chi connectivity index (χ2n) is 5.88. The molecule has 0 aliphatic carbocycles. The van der Waals surface area contributed by atoms with E-state index in [-0.39, 0.29) is 11.9 Å². The van der Waals surface area contributed by atoms with Gasteiger partial charge in [0.25, 0.3) is 5.91 Å². The summed E-state index contributed by atoms with van der Waals surface area (Å²) < 4.78 is 5.20. The summed E-state index contributed by atoms with van der Waals surface area (Å²) in [6, 6.07) is 9.37. The van der Waals surface area contributed by atoms with Gasteiger partial charge in [0.05, 0.1) is 17.1 Å². The van der Waals surface area contributed by atoms with Crippen LogP contribution >= 0.6 is 11.8 Å². The molecule has 2 N–H and O–H groups in total. The van der Waals surface area contributed by atoms with Crippen molar-refractivity contribution in [2.75, 3.05) is 12.0 Å². The highest BCUT2D eigenvalue weighted by Gasteiger charge is 2.21. The topological polar surface area (TPSA) is 83.8 Å². The maximum absolute atomic E-state index is 12.5. The van der Waals surface area contributed by atoms with Gasteiger partial charge in [-0.1, -0.05) is 24.2 Å². The highest BCUT2D eigenvalue weighted by molar-refractivity contribution is 7.98. The molecule has 0 spiro atoms. The molecule has 1 aromatic carbocycles. The van der Waals surface area contributed by atoms with Gasteiger partial charge in [-0.3, -0.25) is 4.79 Å². The Labute approximate surface area is 150 Å². The fourth-order valence-corrected chi connectivity index (χ4v) is 3.14. The molecule has 3 rings (SSSR count). The van der Waals surface area contributed by atoms with Crippen LogP contribution in [-0.2, 0) is 6.42 Å². The van der Waals surface area contributed by atoms with E-state index in [2.05, 4.69) is 27.4 Å². The minimum Gasteiger partial charge on any atom is -0.361 e. The molecule has 25 heavy (non-hydrogen) atoms. The lowest BCUT2D eigenvalue weighted by molar-refractivity contribution is 0.0925. The summed E-state index contributed by atoms with van der Waals surface area (Å²) in [4.78, 5) is 20.5. The number of hydrogen-bond acceptors (Lipinski definition) is 5. The molecule has 3 aromatic rings. The predicted molar refractivity (Wildman–Crippen MR) is 99.8 cm³/mol. The van der Waals surface area contributed by atoms with Crippen LogP contribution in [0, 0.1) is 0 Å². The van der Waals surface area contributed by atoms with Crippen molar-refractivity contribution in [2.24, 2.45) is 0 Å². The molecular formula is C18H22N4O2S. The maximum Gasteiger partial charge on any atom is 0.274 e. The SMILES string of the molecule is CCCc1cc(C(=O)NC(CCSC)c2nc3ccccc3[nH]2)no1. The number of hydrogen-bond donors (Lipinski definition) is 2. The van der Waals surface area contributed by atoms with Gasteiger partial charge in [-0.15, -0.1) is 0 Å². The summed E-state index contributed by atoms with van der Waals surface area (Å²) in [6.07, 6.45) is 4.56. The first-order valence-corrected chi connectivity index (χ1v) is 9.80. The number of amides is 1. The summed E-state index contributed by atoms with van der Waals surface area (Å²) >= 11 is 1.74. The van der Waals surface area contributed by atoms with Gasteiger partial charge in [-0.2, -0.15) is 11.8 Å². The molecule has 6 nitrogen and oxygen atoms in total. The van der Waals surface area contributed by atoms with Crippen LogP contribution in [0.4, 0.5) is 0 Å². The Kier molecular flexibility index (Phi) is 5.75. The number of aromatic nitrogens is 3. The van der Waals surface area contributed by atoms with Crippen molar-refractivity contribution < 1.29 is 9.32 Å². The Morgan fingerprint density at radius 1 is 1.40 bits per heavy atom. The van der Waals surface area contributed by atoms with E-state index in [9.17, 15) is 4.79 Å². The van der Waals surface area contributed by atoms with E-state index in [1.165, 1.54) is 0 Å².